The van der Waals surface area contributed by atoms with E-state index in [0.717, 1.165) is 6.07 Å². The summed E-state index contributed by atoms with van der Waals surface area (Å²) in [5.41, 5.74) is -0.117. The van der Waals surface area contributed by atoms with E-state index in [9.17, 15) is 18.4 Å². The lowest BCUT2D eigenvalue weighted by molar-refractivity contribution is -0.117. The molecule has 0 aromatic heterocycles. The summed E-state index contributed by atoms with van der Waals surface area (Å²) < 4.78 is 27.3. The standard InChI is InChI=1S/C24H15Cl6F2N3O2/c1-33-16-5-4-15(31)21(20(16)32)35-22(36)11-8-10(2-3-12(11)25)34-23(37)18-17(24(18,29)30)9-6-13(26)19(28)14(27)7-9/h2-8,17-18,33H,1H3,(H,34,37)(H,35,36)/t17-,18+/m0/s1. The molecular formula is C24H15Cl6F2N3O2. The number of halogens is 8. The van der Waals surface area contributed by atoms with Gasteiger partial charge in [-0.25, -0.2) is 8.78 Å². The van der Waals surface area contributed by atoms with Crippen LogP contribution >= 0.6 is 69.6 Å². The van der Waals surface area contributed by atoms with Crippen LogP contribution in [0.4, 0.5) is 25.8 Å². The van der Waals surface area contributed by atoms with Gasteiger partial charge in [-0.05, 0) is 48.0 Å². The molecule has 0 spiro atoms. The topological polar surface area (TPSA) is 70.2 Å². The van der Waals surface area contributed by atoms with Crippen molar-refractivity contribution in [3.05, 3.63) is 85.3 Å². The minimum absolute atomic E-state index is 0.0140. The number of hydrogen-bond acceptors (Lipinski definition) is 3. The molecule has 0 radical (unpaired) electrons. The van der Waals surface area contributed by atoms with Crippen LogP contribution in [0.1, 0.15) is 21.8 Å². The minimum Gasteiger partial charge on any atom is -0.386 e. The van der Waals surface area contributed by atoms with Gasteiger partial charge in [-0.3, -0.25) is 9.59 Å². The molecule has 0 unspecified atom stereocenters. The summed E-state index contributed by atoms with van der Waals surface area (Å²) in [7, 11) is 1.45. The van der Waals surface area contributed by atoms with Gasteiger partial charge in [0.25, 0.3) is 5.91 Å². The van der Waals surface area contributed by atoms with E-state index in [4.69, 9.17) is 69.6 Å². The van der Waals surface area contributed by atoms with Gasteiger partial charge in [-0.2, -0.15) is 0 Å². The smallest absolute Gasteiger partial charge is 0.257 e. The molecule has 5 nitrogen and oxygen atoms in total. The van der Waals surface area contributed by atoms with Gasteiger partial charge < -0.3 is 16.0 Å². The van der Waals surface area contributed by atoms with Crippen molar-refractivity contribution in [2.24, 2.45) is 5.92 Å². The molecular weight excluding hydrogens is 613 g/mol. The summed E-state index contributed by atoms with van der Waals surface area (Å²) in [5, 5.41) is 7.87. The Labute approximate surface area is 240 Å². The first-order valence-corrected chi connectivity index (χ1v) is 12.7. The van der Waals surface area contributed by atoms with Crippen LogP contribution in [0.2, 0.25) is 20.1 Å². The summed E-state index contributed by atoms with van der Waals surface area (Å²) in [4.78, 5) is 25.8. The SMILES string of the molecule is CNc1ccc(F)c(NC(=O)c2cc(NC(=O)[C@H]3[C@H](c4cc(Cl)c(Cl)c(Cl)c4)C3(Cl)Cl)ccc2Cl)c1F. The van der Waals surface area contributed by atoms with E-state index in [0.29, 0.717) is 5.56 Å². The van der Waals surface area contributed by atoms with Crippen molar-refractivity contribution >= 4 is 98.5 Å². The molecule has 3 aromatic carbocycles. The molecule has 3 aromatic rings. The number of anilines is 3. The molecule has 2 amide bonds. The Bertz CT molecular complexity index is 1410. The molecule has 0 saturated heterocycles. The van der Waals surface area contributed by atoms with Crippen molar-refractivity contribution < 1.29 is 18.4 Å². The highest BCUT2D eigenvalue weighted by molar-refractivity contribution is 6.54. The molecule has 0 aliphatic heterocycles. The predicted octanol–water partition coefficient (Wildman–Crippen LogP) is 8.40. The van der Waals surface area contributed by atoms with Crippen molar-refractivity contribution in [1.29, 1.82) is 0 Å². The molecule has 194 valence electrons. The normalized spacial score (nSPS) is 17.8. The van der Waals surface area contributed by atoms with Crippen molar-refractivity contribution in [2.75, 3.05) is 23.0 Å². The maximum atomic E-state index is 14.5. The number of carbonyl (C=O) groups excluding carboxylic acids is 2. The largest absolute Gasteiger partial charge is 0.386 e. The van der Waals surface area contributed by atoms with E-state index in [1.807, 2.05) is 0 Å². The fourth-order valence-corrected chi connectivity index (χ4v) is 5.51. The Morgan fingerprint density at radius 2 is 1.54 bits per heavy atom. The van der Waals surface area contributed by atoms with Crippen LogP contribution in [0, 0.1) is 17.6 Å². The van der Waals surface area contributed by atoms with Gasteiger partial charge in [0.05, 0.1) is 37.3 Å². The summed E-state index contributed by atoms with van der Waals surface area (Å²) in [5.74, 6) is -4.93. The molecule has 1 fully saturated rings. The van der Waals surface area contributed by atoms with Crippen LogP contribution in [0.15, 0.2) is 42.5 Å². The maximum Gasteiger partial charge on any atom is 0.257 e. The molecule has 0 bridgehead atoms. The van der Waals surface area contributed by atoms with Gasteiger partial charge in [-0.15, -0.1) is 23.2 Å². The third-order valence-electron chi connectivity index (χ3n) is 5.78. The molecule has 4 rings (SSSR count). The van der Waals surface area contributed by atoms with Crippen LogP contribution in [0.5, 0.6) is 0 Å². The summed E-state index contributed by atoms with van der Waals surface area (Å²) in [6, 6.07) is 9.29. The van der Waals surface area contributed by atoms with Gasteiger partial charge in [0.1, 0.15) is 15.8 Å². The van der Waals surface area contributed by atoms with E-state index in [1.165, 1.54) is 43.4 Å². The monoisotopic (exact) mass is 625 g/mol. The Balaban J connectivity index is 1.54. The number of rotatable bonds is 6. The van der Waals surface area contributed by atoms with Gasteiger partial charge in [0, 0.05) is 18.7 Å². The average Bonchev–Trinajstić information content (AvgIpc) is 3.43. The molecule has 3 N–H and O–H groups in total. The molecule has 1 saturated carbocycles. The third-order valence-corrected chi connectivity index (χ3v) is 8.25. The fourth-order valence-electron chi connectivity index (χ4n) is 3.86. The average molecular weight is 628 g/mol. The first-order valence-electron chi connectivity index (χ1n) is 10.5. The fraction of sp³-hybridized carbons (Fsp3) is 0.167. The Hall–Kier alpha value is -2.00. The summed E-state index contributed by atoms with van der Waals surface area (Å²) in [6.07, 6.45) is 0. The second kappa shape index (κ2) is 10.6. The molecule has 37 heavy (non-hydrogen) atoms. The molecule has 1 aliphatic carbocycles. The number of nitrogens with one attached hydrogen (secondary N) is 3. The van der Waals surface area contributed by atoms with Crippen molar-refractivity contribution in [3.8, 4) is 0 Å². The first-order chi connectivity index (χ1) is 17.4. The summed E-state index contributed by atoms with van der Waals surface area (Å²) >= 11 is 37.1. The third kappa shape index (κ3) is 5.44. The molecule has 1 aliphatic rings. The minimum atomic E-state index is -1.45. The lowest BCUT2D eigenvalue weighted by Crippen LogP contribution is -2.19. The number of carbonyl (C=O) groups is 2. The van der Waals surface area contributed by atoms with Gasteiger partial charge in [-0.1, -0.05) is 46.4 Å². The lowest BCUT2D eigenvalue weighted by Gasteiger charge is -2.13. The zero-order valence-corrected chi connectivity index (χ0v) is 23.1. The van der Waals surface area contributed by atoms with Gasteiger partial charge >= 0.3 is 0 Å². The maximum absolute atomic E-state index is 14.5. The molecule has 13 heteroatoms. The van der Waals surface area contributed by atoms with Crippen LogP contribution in [0.3, 0.4) is 0 Å². The van der Waals surface area contributed by atoms with Crippen molar-refractivity contribution in [2.45, 2.75) is 10.3 Å². The zero-order valence-electron chi connectivity index (χ0n) is 18.5. The Morgan fingerprint density at radius 3 is 2.16 bits per heavy atom. The van der Waals surface area contributed by atoms with Crippen LogP contribution in [-0.2, 0) is 4.79 Å². The van der Waals surface area contributed by atoms with E-state index >= 15 is 0 Å². The summed E-state index contributed by atoms with van der Waals surface area (Å²) in [6.45, 7) is 0. The number of amides is 2. The Kier molecular flexibility index (Phi) is 8.05. The van der Waals surface area contributed by atoms with E-state index in [1.54, 1.807) is 0 Å². The quantitative estimate of drug-likeness (QED) is 0.190. The zero-order chi connectivity index (χ0) is 27.2. The predicted molar refractivity (Wildman–Crippen MR) is 146 cm³/mol. The molecule has 0 heterocycles. The Morgan fingerprint density at radius 1 is 0.892 bits per heavy atom. The van der Waals surface area contributed by atoms with Crippen LogP contribution in [0.25, 0.3) is 0 Å². The highest BCUT2D eigenvalue weighted by atomic mass is 35.5. The van der Waals surface area contributed by atoms with E-state index in [2.05, 4.69) is 16.0 Å². The lowest BCUT2D eigenvalue weighted by atomic mass is 10.1. The second-order valence-electron chi connectivity index (χ2n) is 8.10. The number of hydrogen-bond donors (Lipinski definition) is 3. The van der Waals surface area contributed by atoms with Crippen molar-refractivity contribution in [3.63, 3.8) is 0 Å². The highest BCUT2D eigenvalue weighted by Crippen LogP contribution is 2.65. The van der Waals surface area contributed by atoms with E-state index in [-0.39, 0.29) is 37.0 Å². The van der Waals surface area contributed by atoms with E-state index < -0.39 is 45.3 Å². The van der Waals surface area contributed by atoms with Gasteiger partial charge in [0.2, 0.25) is 5.91 Å². The van der Waals surface area contributed by atoms with Crippen LogP contribution in [-0.4, -0.2) is 23.2 Å². The van der Waals surface area contributed by atoms with Gasteiger partial charge in [0.15, 0.2) is 5.82 Å². The first kappa shape index (κ1) is 28.0. The van der Waals surface area contributed by atoms with Crippen molar-refractivity contribution in [1.82, 2.24) is 0 Å². The molecule has 2 atom stereocenters. The van der Waals surface area contributed by atoms with Crippen LogP contribution < -0.4 is 16.0 Å². The second-order valence-corrected chi connectivity index (χ2v) is 11.1. The highest BCUT2D eigenvalue weighted by Gasteiger charge is 2.67. The number of alkyl halides is 2. The number of benzene rings is 3.